The van der Waals surface area contributed by atoms with E-state index in [1.54, 1.807) is 0 Å². The summed E-state index contributed by atoms with van der Waals surface area (Å²) in [6.07, 6.45) is -4.68. The largest absolute Gasteiger partial charge is 0.416 e. The van der Waals surface area contributed by atoms with Crippen LogP contribution in [0.4, 0.5) is 22.4 Å². The van der Waals surface area contributed by atoms with Crippen molar-refractivity contribution in [3.05, 3.63) is 35.1 Å². The van der Waals surface area contributed by atoms with Crippen LogP contribution in [0.5, 0.6) is 0 Å². The van der Waals surface area contributed by atoms with E-state index in [0.29, 0.717) is 23.1 Å². The Morgan fingerprint density at radius 1 is 1.32 bits per heavy atom. The molecule has 1 heterocycles. The van der Waals surface area contributed by atoms with E-state index < -0.39 is 35.1 Å². The molecule has 8 heteroatoms. The number of carbonyl (C=O) groups excluding carboxylic acids is 2. The lowest BCUT2D eigenvalue weighted by atomic mass is 10.1. The number of hydrogen-bond donors (Lipinski definition) is 1. The first-order valence-corrected chi connectivity index (χ1v) is 5.27. The number of halogens is 4. The summed E-state index contributed by atoms with van der Waals surface area (Å²) >= 11 is 0. The fourth-order valence-electron chi connectivity index (χ4n) is 1.68. The highest BCUT2D eigenvalue weighted by Crippen LogP contribution is 2.30. The van der Waals surface area contributed by atoms with Crippen molar-refractivity contribution < 1.29 is 27.2 Å². The third kappa shape index (κ3) is 2.51. The molecule has 3 amide bonds. The van der Waals surface area contributed by atoms with E-state index in [-0.39, 0.29) is 13.1 Å². The zero-order chi connectivity index (χ0) is 14.2. The van der Waals surface area contributed by atoms with Gasteiger partial charge in [-0.2, -0.15) is 13.2 Å². The van der Waals surface area contributed by atoms with E-state index in [9.17, 15) is 27.2 Å². The number of nitrogens with zero attached hydrogens (tertiary/aromatic N) is 1. The van der Waals surface area contributed by atoms with Crippen LogP contribution in [0.2, 0.25) is 0 Å². The molecule has 1 aromatic rings. The van der Waals surface area contributed by atoms with Crippen molar-refractivity contribution in [2.45, 2.75) is 6.18 Å². The lowest BCUT2D eigenvalue weighted by Crippen LogP contribution is -2.34. The zero-order valence-electron chi connectivity index (χ0n) is 9.42. The van der Waals surface area contributed by atoms with Crippen molar-refractivity contribution in [2.75, 3.05) is 13.1 Å². The minimum absolute atomic E-state index is 0.00660. The van der Waals surface area contributed by atoms with Gasteiger partial charge >= 0.3 is 12.2 Å². The van der Waals surface area contributed by atoms with E-state index in [2.05, 4.69) is 5.32 Å². The average molecular weight is 276 g/mol. The van der Waals surface area contributed by atoms with Crippen LogP contribution >= 0.6 is 0 Å². The average Bonchev–Trinajstić information content (AvgIpc) is 2.73. The van der Waals surface area contributed by atoms with Crippen molar-refractivity contribution in [2.24, 2.45) is 0 Å². The fraction of sp³-hybridized carbons (Fsp3) is 0.273. The first-order chi connectivity index (χ1) is 8.80. The molecule has 1 fully saturated rings. The number of imide groups is 1. The Hall–Kier alpha value is -2.12. The van der Waals surface area contributed by atoms with Crippen molar-refractivity contribution in [3.63, 3.8) is 0 Å². The van der Waals surface area contributed by atoms with Gasteiger partial charge in [0, 0.05) is 13.1 Å². The van der Waals surface area contributed by atoms with Crippen LogP contribution in [0.25, 0.3) is 0 Å². The summed E-state index contributed by atoms with van der Waals surface area (Å²) in [5, 5.41) is 2.31. The second-order valence-electron chi connectivity index (χ2n) is 3.88. The van der Waals surface area contributed by atoms with Crippen LogP contribution in [0.1, 0.15) is 15.9 Å². The number of hydrogen-bond acceptors (Lipinski definition) is 2. The number of rotatable bonds is 1. The van der Waals surface area contributed by atoms with Crippen LogP contribution < -0.4 is 5.32 Å². The Kier molecular flexibility index (Phi) is 3.17. The van der Waals surface area contributed by atoms with Crippen molar-refractivity contribution in [1.82, 2.24) is 10.2 Å². The normalized spacial score (nSPS) is 15.6. The minimum Gasteiger partial charge on any atom is -0.336 e. The number of nitrogens with one attached hydrogen (secondary N) is 1. The predicted octanol–water partition coefficient (Wildman–Crippen LogP) is 2.01. The molecule has 1 aliphatic rings. The molecule has 1 saturated heterocycles. The predicted molar refractivity (Wildman–Crippen MR) is 55.8 cm³/mol. The third-order valence-corrected chi connectivity index (χ3v) is 2.63. The van der Waals surface area contributed by atoms with Gasteiger partial charge in [0.05, 0.1) is 11.1 Å². The van der Waals surface area contributed by atoms with Crippen LogP contribution in [-0.2, 0) is 6.18 Å². The minimum atomic E-state index is -4.68. The maximum Gasteiger partial charge on any atom is 0.416 e. The standard InChI is InChI=1S/C11H8F4N2O2/c12-8-2-1-6(11(13,14)15)5-7(8)9(18)17-4-3-16-10(17)19/h1-2,5H,3-4H2,(H,16,19). The number of amides is 3. The van der Waals surface area contributed by atoms with Crippen LogP contribution in [-0.4, -0.2) is 29.9 Å². The van der Waals surface area contributed by atoms with E-state index in [4.69, 9.17) is 0 Å². The molecule has 0 radical (unpaired) electrons. The number of carbonyl (C=O) groups is 2. The number of urea groups is 1. The van der Waals surface area contributed by atoms with Gasteiger partial charge in [-0.3, -0.25) is 9.69 Å². The first-order valence-electron chi connectivity index (χ1n) is 5.27. The molecule has 0 aromatic heterocycles. The first kappa shape index (κ1) is 13.3. The highest BCUT2D eigenvalue weighted by Gasteiger charge is 2.34. The SMILES string of the molecule is O=C1NCCN1C(=O)c1cc(C(F)(F)F)ccc1F. The van der Waals surface area contributed by atoms with Crippen molar-refractivity contribution in [1.29, 1.82) is 0 Å². The summed E-state index contributed by atoms with van der Waals surface area (Å²) in [4.78, 5) is 23.7. The zero-order valence-corrected chi connectivity index (χ0v) is 9.42. The highest BCUT2D eigenvalue weighted by atomic mass is 19.4. The molecular weight excluding hydrogens is 268 g/mol. The Bertz CT molecular complexity index is 542. The van der Waals surface area contributed by atoms with Gasteiger partial charge in [0.2, 0.25) is 0 Å². The van der Waals surface area contributed by atoms with Crippen LogP contribution in [0, 0.1) is 5.82 Å². The summed E-state index contributed by atoms with van der Waals surface area (Å²) in [7, 11) is 0. The molecule has 0 unspecified atom stereocenters. The second kappa shape index (κ2) is 4.52. The van der Waals surface area contributed by atoms with Gasteiger partial charge < -0.3 is 5.32 Å². The van der Waals surface area contributed by atoms with Crippen molar-refractivity contribution in [3.8, 4) is 0 Å². The monoisotopic (exact) mass is 276 g/mol. The molecule has 1 N–H and O–H groups in total. The molecule has 1 aromatic carbocycles. The Morgan fingerprint density at radius 2 is 2.00 bits per heavy atom. The Balaban J connectivity index is 2.38. The molecule has 0 aliphatic carbocycles. The quantitative estimate of drug-likeness (QED) is 0.798. The Morgan fingerprint density at radius 3 is 2.53 bits per heavy atom. The summed E-state index contributed by atoms with van der Waals surface area (Å²) in [6.45, 7) is 0.179. The Labute approximate surface area is 105 Å². The molecule has 4 nitrogen and oxygen atoms in total. The van der Waals surface area contributed by atoms with E-state index >= 15 is 0 Å². The molecular formula is C11H8F4N2O2. The molecule has 1 aliphatic heterocycles. The fourth-order valence-corrected chi connectivity index (χ4v) is 1.68. The highest BCUT2D eigenvalue weighted by molar-refractivity contribution is 6.05. The molecule has 0 spiro atoms. The number of benzene rings is 1. The van der Waals surface area contributed by atoms with Gasteiger partial charge in [-0.05, 0) is 18.2 Å². The van der Waals surface area contributed by atoms with Gasteiger partial charge in [0.1, 0.15) is 5.82 Å². The van der Waals surface area contributed by atoms with E-state index in [1.165, 1.54) is 0 Å². The summed E-state index contributed by atoms with van der Waals surface area (Å²) in [5.74, 6) is -2.18. The van der Waals surface area contributed by atoms with Crippen LogP contribution in [0.15, 0.2) is 18.2 Å². The smallest absolute Gasteiger partial charge is 0.336 e. The molecule has 102 valence electrons. The van der Waals surface area contributed by atoms with Gasteiger partial charge in [-0.1, -0.05) is 0 Å². The molecule has 0 bridgehead atoms. The van der Waals surface area contributed by atoms with Gasteiger partial charge in [-0.15, -0.1) is 0 Å². The molecule has 2 rings (SSSR count). The lowest BCUT2D eigenvalue weighted by Gasteiger charge is -2.14. The topological polar surface area (TPSA) is 49.4 Å². The number of alkyl halides is 3. The maximum atomic E-state index is 13.4. The summed E-state index contributed by atoms with van der Waals surface area (Å²) < 4.78 is 50.9. The third-order valence-electron chi connectivity index (χ3n) is 2.63. The molecule has 0 saturated carbocycles. The van der Waals surface area contributed by atoms with E-state index in [1.807, 2.05) is 0 Å². The molecule has 0 atom stereocenters. The van der Waals surface area contributed by atoms with Crippen LogP contribution in [0.3, 0.4) is 0 Å². The summed E-state index contributed by atoms with van der Waals surface area (Å²) in [6, 6.07) is 0.755. The van der Waals surface area contributed by atoms with Gasteiger partial charge in [0.15, 0.2) is 0 Å². The van der Waals surface area contributed by atoms with Gasteiger partial charge in [0.25, 0.3) is 5.91 Å². The van der Waals surface area contributed by atoms with E-state index in [0.717, 1.165) is 0 Å². The molecule has 19 heavy (non-hydrogen) atoms. The van der Waals surface area contributed by atoms with Crippen molar-refractivity contribution >= 4 is 11.9 Å². The lowest BCUT2D eigenvalue weighted by molar-refractivity contribution is -0.137. The van der Waals surface area contributed by atoms with Gasteiger partial charge in [-0.25, -0.2) is 9.18 Å². The second-order valence-corrected chi connectivity index (χ2v) is 3.88. The summed E-state index contributed by atoms with van der Waals surface area (Å²) in [5.41, 5.74) is -1.91. The maximum absolute atomic E-state index is 13.4.